The van der Waals surface area contributed by atoms with Crippen molar-refractivity contribution >= 4 is 29.3 Å². The first-order valence-corrected chi connectivity index (χ1v) is 8.00. The summed E-state index contributed by atoms with van der Waals surface area (Å²) in [6.07, 6.45) is -0.00943. The number of carbonyl (C=O) groups is 3. The molecule has 0 bridgehead atoms. The zero-order chi connectivity index (χ0) is 18.2. The van der Waals surface area contributed by atoms with Gasteiger partial charge in [-0.25, -0.2) is 0 Å². The minimum atomic E-state index is -0.480. The highest BCUT2D eigenvalue weighted by Crippen LogP contribution is 2.16. The maximum absolute atomic E-state index is 12.1. The Labute approximate surface area is 150 Å². The zero-order valence-electron chi connectivity index (χ0n) is 13.6. The van der Waals surface area contributed by atoms with Crippen LogP contribution in [-0.4, -0.2) is 17.7 Å². The molecule has 0 saturated carbocycles. The molecule has 3 N–H and O–H groups in total. The Morgan fingerprint density at radius 1 is 0.960 bits per heavy atom. The molecule has 0 fully saturated rings. The number of rotatable bonds is 5. The number of halogens is 1. The van der Waals surface area contributed by atoms with Crippen molar-refractivity contribution < 1.29 is 14.4 Å². The molecule has 2 rings (SSSR count). The molecular formula is C18H18ClN3O3. The Morgan fingerprint density at radius 2 is 1.60 bits per heavy atom. The van der Waals surface area contributed by atoms with Crippen LogP contribution in [0.4, 0.5) is 0 Å². The van der Waals surface area contributed by atoms with Gasteiger partial charge in [-0.3, -0.25) is 25.2 Å². The number of hydrogen-bond acceptors (Lipinski definition) is 3. The highest BCUT2D eigenvalue weighted by molar-refractivity contribution is 6.30. The van der Waals surface area contributed by atoms with E-state index in [1.165, 1.54) is 6.92 Å². The van der Waals surface area contributed by atoms with Crippen molar-refractivity contribution in [2.75, 3.05) is 0 Å². The molecule has 6 nitrogen and oxygen atoms in total. The molecule has 0 radical (unpaired) electrons. The number of hydrogen-bond donors (Lipinski definition) is 3. The van der Waals surface area contributed by atoms with Gasteiger partial charge in [0, 0.05) is 17.5 Å². The predicted octanol–water partition coefficient (Wildman–Crippen LogP) is 2.37. The van der Waals surface area contributed by atoms with Crippen molar-refractivity contribution in [1.82, 2.24) is 16.2 Å². The molecule has 0 aliphatic heterocycles. The normalized spacial score (nSPS) is 11.3. The van der Waals surface area contributed by atoms with Crippen molar-refractivity contribution in [3.05, 3.63) is 70.7 Å². The largest absolute Gasteiger partial charge is 0.349 e. The van der Waals surface area contributed by atoms with Gasteiger partial charge in [-0.15, -0.1) is 0 Å². The molecule has 1 atom stereocenters. The zero-order valence-corrected chi connectivity index (χ0v) is 14.3. The van der Waals surface area contributed by atoms with Crippen LogP contribution in [0.1, 0.15) is 35.3 Å². The molecule has 0 saturated heterocycles. The number of benzene rings is 2. The van der Waals surface area contributed by atoms with Crippen LogP contribution in [0, 0.1) is 0 Å². The molecule has 7 heteroatoms. The highest BCUT2D eigenvalue weighted by Gasteiger charge is 2.17. The smallest absolute Gasteiger partial charge is 0.269 e. The van der Waals surface area contributed by atoms with Gasteiger partial charge in [-0.2, -0.15) is 0 Å². The van der Waals surface area contributed by atoms with Crippen molar-refractivity contribution in [1.29, 1.82) is 0 Å². The van der Waals surface area contributed by atoms with Crippen molar-refractivity contribution in [3.63, 3.8) is 0 Å². The van der Waals surface area contributed by atoms with Crippen LogP contribution < -0.4 is 16.2 Å². The maximum Gasteiger partial charge on any atom is 0.269 e. The van der Waals surface area contributed by atoms with Gasteiger partial charge >= 0.3 is 0 Å². The predicted molar refractivity (Wildman–Crippen MR) is 94.7 cm³/mol. The molecule has 130 valence electrons. The summed E-state index contributed by atoms with van der Waals surface area (Å²) in [5, 5.41) is 3.24. The first-order valence-electron chi connectivity index (χ1n) is 7.62. The molecule has 1 unspecified atom stereocenters. The van der Waals surface area contributed by atoms with Crippen LogP contribution in [0.25, 0.3) is 0 Å². The van der Waals surface area contributed by atoms with E-state index in [4.69, 9.17) is 11.6 Å². The van der Waals surface area contributed by atoms with Gasteiger partial charge in [0.05, 0.1) is 12.5 Å². The second-order valence-corrected chi connectivity index (χ2v) is 5.81. The van der Waals surface area contributed by atoms with Crippen molar-refractivity contribution in [2.24, 2.45) is 0 Å². The van der Waals surface area contributed by atoms with Gasteiger partial charge in [0.1, 0.15) is 0 Å². The molecule has 2 aromatic carbocycles. The van der Waals surface area contributed by atoms with Gasteiger partial charge in [-0.05, 0) is 29.8 Å². The second-order valence-electron chi connectivity index (χ2n) is 5.38. The van der Waals surface area contributed by atoms with E-state index in [1.807, 2.05) is 30.3 Å². The van der Waals surface area contributed by atoms with Crippen LogP contribution in [-0.2, 0) is 9.59 Å². The van der Waals surface area contributed by atoms with Gasteiger partial charge in [0.2, 0.25) is 11.8 Å². The summed E-state index contributed by atoms with van der Waals surface area (Å²) in [7, 11) is 0. The maximum atomic E-state index is 12.1. The van der Waals surface area contributed by atoms with Gasteiger partial charge in [-0.1, -0.05) is 41.9 Å². The summed E-state index contributed by atoms with van der Waals surface area (Å²) >= 11 is 5.76. The van der Waals surface area contributed by atoms with E-state index in [1.54, 1.807) is 24.3 Å². The highest BCUT2D eigenvalue weighted by atomic mass is 35.5. The molecule has 0 aliphatic rings. The first kappa shape index (κ1) is 18.5. The van der Waals surface area contributed by atoms with Crippen LogP contribution in [0.15, 0.2) is 54.6 Å². The standard InChI is InChI=1S/C18H18ClN3O3/c1-12(23)20-16(13-5-3-2-4-6-13)11-17(24)21-22-18(25)14-7-9-15(19)10-8-14/h2-10,16H,11H2,1H3,(H,20,23)(H,21,24)(H,22,25). The summed E-state index contributed by atoms with van der Waals surface area (Å²) in [6, 6.07) is 14.9. The van der Waals surface area contributed by atoms with Crippen LogP contribution >= 0.6 is 11.6 Å². The van der Waals surface area contributed by atoms with E-state index < -0.39 is 17.9 Å². The fraction of sp³-hybridized carbons (Fsp3) is 0.167. The number of nitrogens with one attached hydrogen (secondary N) is 3. The molecule has 0 spiro atoms. The Hall–Kier alpha value is -2.86. The Bertz CT molecular complexity index is 748. The average molecular weight is 360 g/mol. The number of carbonyl (C=O) groups excluding carboxylic acids is 3. The van der Waals surface area contributed by atoms with E-state index >= 15 is 0 Å². The summed E-state index contributed by atoms with van der Waals surface area (Å²) in [4.78, 5) is 35.4. The van der Waals surface area contributed by atoms with Crippen LogP contribution in [0.5, 0.6) is 0 Å². The lowest BCUT2D eigenvalue weighted by Gasteiger charge is -2.18. The Morgan fingerprint density at radius 3 is 2.20 bits per heavy atom. The third-order valence-corrected chi connectivity index (χ3v) is 3.64. The summed E-state index contributed by atoms with van der Waals surface area (Å²) < 4.78 is 0. The summed E-state index contributed by atoms with van der Waals surface area (Å²) in [5.74, 6) is -1.13. The van der Waals surface area contributed by atoms with Crippen molar-refractivity contribution in [2.45, 2.75) is 19.4 Å². The summed E-state index contributed by atoms with van der Waals surface area (Å²) in [5.41, 5.74) is 5.85. The van der Waals surface area contributed by atoms with E-state index in [0.717, 1.165) is 5.56 Å². The van der Waals surface area contributed by atoms with Gasteiger partial charge in [0.15, 0.2) is 0 Å². The Balaban J connectivity index is 1.93. The van der Waals surface area contributed by atoms with Crippen LogP contribution in [0.2, 0.25) is 5.02 Å². The molecule has 0 aliphatic carbocycles. The van der Waals surface area contributed by atoms with E-state index in [2.05, 4.69) is 16.2 Å². The fourth-order valence-electron chi connectivity index (χ4n) is 2.22. The lowest BCUT2D eigenvalue weighted by Crippen LogP contribution is -2.43. The van der Waals surface area contributed by atoms with Crippen molar-refractivity contribution in [3.8, 4) is 0 Å². The Kier molecular flexibility index (Phi) is 6.54. The van der Waals surface area contributed by atoms with Gasteiger partial charge < -0.3 is 5.32 Å². The minimum Gasteiger partial charge on any atom is -0.349 e. The molecule has 0 aromatic heterocycles. The fourth-order valence-corrected chi connectivity index (χ4v) is 2.35. The van der Waals surface area contributed by atoms with E-state index in [0.29, 0.717) is 10.6 Å². The number of hydrazine groups is 1. The molecule has 3 amide bonds. The first-order chi connectivity index (χ1) is 12.0. The number of amides is 3. The average Bonchev–Trinajstić information content (AvgIpc) is 2.60. The van der Waals surface area contributed by atoms with E-state index in [-0.39, 0.29) is 12.3 Å². The molecule has 0 heterocycles. The topological polar surface area (TPSA) is 87.3 Å². The summed E-state index contributed by atoms with van der Waals surface area (Å²) in [6.45, 7) is 1.39. The SMILES string of the molecule is CC(=O)NC(CC(=O)NNC(=O)c1ccc(Cl)cc1)c1ccccc1. The quantitative estimate of drug-likeness (QED) is 0.716. The monoisotopic (exact) mass is 359 g/mol. The molecule has 25 heavy (non-hydrogen) atoms. The lowest BCUT2D eigenvalue weighted by atomic mass is 10.0. The third kappa shape index (κ3) is 5.93. The van der Waals surface area contributed by atoms with Gasteiger partial charge in [0.25, 0.3) is 5.91 Å². The van der Waals surface area contributed by atoms with Crippen LogP contribution in [0.3, 0.4) is 0 Å². The lowest BCUT2D eigenvalue weighted by molar-refractivity contribution is -0.123. The second kappa shape index (κ2) is 8.84. The third-order valence-electron chi connectivity index (χ3n) is 3.39. The van der Waals surface area contributed by atoms with E-state index in [9.17, 15) is 14.4 Å². The molecular weight excluding hydrogens is 342 g/mol. The minimum absolute atomic E-state index is 0.00943. The molecule has 2 aromatic rings.